The molecule has 1 aliphatic heterocycles. The molecule has 2 heterocycles. The number of nitrogens with zero attached hydrogens (tertiary/aromatic N) is 3. The van der Waals surface area contributed by atoms with Crippen LogP contribution in [0.15, 0.2) is 30.6 Å². The third-order valence-corrected chi connectivity index (χ3v) is 4.29. The maximum atomic E-state index is 14.0. The highest BCUT2D eigenvalue weighted by Gasteiger charge is 2.32. The topological polar surface area (TPSA) is 38.1 Å². The van der Waals surface area contributed by atoms with E-state index >= 15 is 0 Å². The fraction of sp³-hybridized carbons (Fsp3) is 0.375. The molecule has 6 heteroatoms. The minimum absolute atomic E-state index is 0.0162. The van der Waals surface area contributed by atoms with Gasteiger partial charge in [-0.05, 0) is 37.5 Å². The average molecular weight is 322 g/mol. The zero-order valence-corrected chi connectivity index (χ0v) is 13.1. The molecule has 0 radical (unpaired) electrons. The van der Waals surface area contributed by atoms with Crippen LogP contribution in [-0.4, -0.2) is 33.2 Å². The first-order valence-corrected chi connectivity index (χ1v) is 7.68. The largest absolute Gasteiger partial charge is 0.334 e. The van der Waals surface area contributed by atoms with Crippen molar-refractivity contribution in [3.05, 3.63) is 52.6 Å². The molecule has 1 fully saturated rings. The number of aromatic nitrogens is 2. The maximum Gasteiger partial charge on any atom is 0.258 e. The second-order valence-corrected chi connectivity index (χ2v) is 6.04. The van der Waals surface area contributed by atoms with E-state index in [1.165, 1.54) is 12.1 Å². The van der Waals surface area contributed by atoms with Crippen molar-refractivity contribution in [1.82, 2.24) is 14.7 Å². The number of carbonyl (C=O) groups excluding carboxylic acids is 1. The van der Waals surface area contributed by atoms with Crippen molar-refractivity contribution in [2.45, 2.75) is 32.4 Å². The van der Waals surface area contributed by atoms with E-state index in [0.717, 1.165) is 18.4 Å². The van der Waals surface area contributed by atoms with Crippen molar-refractivity contribution >= 4 is 17.5 Å². The molecule has 1 aliphatic rings. The van der Waals surface area contributed by atoms with Crippen LogP contribution < -0.4 is 0 Å². The summed E-state index contributed by atoms with van der Waals surface area (Å²) >= 11 is 6.01. The lowest BCUT2D eigenvalue weighted by atomic mass is 10.1. The molecule has 1 amide bonds. The van der Waals surface area contributed by atoms with Gasteiger partial charge in [-0.1, -0.05) is 17.7 Å². The number of benzene rings is 1. The molecular formula is C16H17ClFN3O. The van der Waals surface area contributed by atoms with Crippen molar-refractivity contribution in [3.63, 3.8) is 0 Å². The van der Waals surface area contributed by atoms with Gasteiger partial charge in [-0.25, -0.2) is 4.39 Å². The number of likely N-dealkylation sites (tertiary alicyclic amines) is 1. The van der Waals surface area contributed by atoms with Crippen LogP contribution in [0.1, 0.15) is 28.8 Å². The summed E-state index contributed by atoms with van der Waals surface area (Å²) in [5.41, 5.74) is 1.04. The average Bonchev–Trinajstić information content (AvgIpc) is 3.08. The smallest absolute Gasteiger partial charge is 0.258 e. The maximum absolute atomic E-state index is 14.0. The van der Waals surface area contributed by atoms with Crippen LogP contribution in [0.25, 0.3) is 0 Å². The first-order chi connectivity index (χ1) is 10.6. The van der Waals surface area contributed by atoms with Gasteiger partial charge in [0.2, 0.25) is 0 Å². The van der Waals surface area contributed by atoms with Crippen molar-refractivity contribution in [2.75, 3.05) is 6.54 Å². The molecule has 0 unspecified atom stereocenters. The van der Waals surface area contributed by atoms with Gasteiger partial charge in [0.15, 0.2) is 0 Å². The number of amides is 1. The first kappa shape index (κ1) is 15.0. The minimum Gasteiger partial charge on any atom is -0.334 e. The summed E-state index contributed by atoms with van der Waals surface area (Å²) < 4.78 is 15.8. The normalized spacial score (nSPS) is 18.0. The molecule has 0 saturated carbocycles. The van der Waals surface area contributed by atoms with E-state index in [4.69, 9.17) is 11.6 Å². The van der Waals surface area contributed by atoms with Gasteiger partial charge in [-0.15, -0.1) is 0 Å². The van der Waals surface area contributed by atoms with Crippen molar-refractivity contribution in [1.29, 1.82) is 0 Å². The fourth-order valence-corrected chi connectivity index (χ4v) is 3.17. The first-order valence-electron chi connectivity index (χ1n) is 7.30. The summed E-state index contributed by atoms with van der Waals surface area (Å²) in [4.78, 5) is 14.4. The van der Waals surface area contributed by atoms with Gasteiger partial charge < -0.3 is 4.90 Å². The highest BCUT2D eigenvalue weighted by atomic mass is 35.5. The standard InChI is InChI=1S/C16H17ClFN3O/c1-11-8-19-20(9-11)10-12-4-3-7-21(12)16(22)15-13(17)5-2-6-14(15)18/h2,5-6,8-9,12H,3-4,7,10H2,1H3/t12-/m1/s1. The molecule has 2 aromatic rings. The monoisotopic (exact) mass is 321 g/mol. The summed E-state index contributed by atoms with van der Waals surface area (Å²) in [6.45, 7) is 3.21. The molecule has 0 aliphatic carbocycles. The molecule has 4 nitrogen and oxygen atoms in total. The molecule has 1 aromatic heterocycles. The highest BCUT2D eigenvalue weighted by Crippen LogP contribution is 2.26. The van der Waals surface area contributed by atoms with Crippen LogP contribution in [0, 0.1) is 12.7 Å². The molecular weight excluding hydrogens is 305 g/mol. The Morgan fingerprint density at radius 2 is 2.32 bits per heavy atom. The van der Waals surface area contributed by atoms with Crippen LogP contribution in [0.4, 0.5) is 4.39 Å². The molecule has 0 bridgehead atoms. The van der Waals surface area contributed by atoms with E-state index in [9.17, 15) is 9.18 Å². The summed E-state index contributed by atoms with van der Waals surface area (Å²) in [5, 5.41) is 4.42. The quantitative estimate of drug-likeness (QED) is 0.870. The Bertz CT molecular complexity index is 680. The molecule has 1 aromatic carbocycles. The Morgan fingerprint density at radius 3 is 3.00 bits per heavy atom. The number of hydrogen-bond acceptors (Lipinski definition) is 2. The number of carbonyl (C=O) groups is 1. The second kappa shape index (κ2) is 6.08. The summed E-state index contributed by atoms with van der Waals surface area (Å²) in [6.07, 6.45) is 5.52. The third-order valence-electron chi connectivity index (χ3n) is 3.97. The van der Waals surface area contributed by atoms with Crippen LogP contribution in [0.3, 0.4) is 0 Å². The van der Waals surface area contributed by atoms with E-state index in [1.807, 2.05) is 17.8 Å². The predicted octanol–water partition coefficient (Wildman–Crippen LogP) is 3.29. The Kier molecular flexibility index (Phi) is 4.16. The Hall–Kier alpha value is -1.88. The lowest BCUT2D eigenvalue weighted by Gasteiger charge is -2.25. The number of halogens is 2. The Labute approximate surface area is 133 Å². The molecule has 0 spiro atoms. The second-order valence-electron chi connectivity index (χ2n) is 5.63. The summed E-state index contributed by atoms with van der Waals surface area (Å²) in [7, 11) is 0. The zero-order valence-electron chi connectivity index (χ0n) is 12.3. The molecule has 116 valence electrons. The van der Waals surface area contributed by atoms with Gasteiger partial charge in [0.25, 0.3) is 5.91 Å². The Balaban J connectivity index is 1.82. The van der Waals surface area contributed by atoms with Crippen molar-refractivity contribution < 1.29 is 9.18 Å². The molecule has 1 saturated heterocycles. The summed E-state index contributed by atoms with van der Waals surface area (Å²) in [5.74, 6) is -0.910. The van der Waals surface area contributed by atoms with Gasteiger partial charge in [0.05, 0.1) is 29.4 Å². The number of hydrogen-bond donors (Lipinski definition) is 0. The van der Waals surface area contributed by atoms with E-state index in [0.29, 0.717) is 13.1 Å². The van der Waals surface area contributed by atoms with Gasteiger partial charge in [-0.2, -0.15) is 5.10 Å². The van der Waals surface area contributed by atoms with Crippen LogP contribution in [-0.2, 0) is 6.54 Å². The minimum atomic E-state index is -0.571. The van der Waals surface area contributed by atoms with Crippen molar-refractivity contribution in [3.8, 4) is 0 Å². The number of aryl methyl sites for hydroxylation is 1. The van der Waals surface area contributed by atoms with Gasteiger partial charge >= 0.3 is 0 Å². The molecule has 3 rings (SSSR count). The molecule has 1 atom stereocenters. The van der Waals surface area contributed by atoms with Gasteiger partial charge in [0.1, 0.15) is 5.82 Å². The number of rotatable bonds is 3. The zero-order chi connectivity index (χ0) is 15.7. The Morgan fingerprint density at radius 1 is 1.50 bits per heavy atom. The van der Waals surface area contributed by atoms with Crippen LogP contribution in [0.2, 0.25) is 5.02 Å². The van der Waals surface area contributed by atoms with Gasteiger partial charge in [0, 0.05) is 12.7 Å². The van der Waals surface area contributed by atoms with Crippen molar-refractivity contribution in [2.24, 2.45) is 0 Å². The molecule has 0 N–H and O–H groups in total. The van der Waals surface area contributed by atoms with E-state index in [2.05, 4.69) is 5.10 Å². The third kappa shape index (κ3) is 2.86. The molecule has 22 heavy (non-hydrogen) atoms. The highest BCUT2D eigenvalue weighted by molar-refractivity contribution is 6.33. The van der Waals surface area contributed by atoms with Crippen LogP contribution in [0.5, 0.6) is 0 Å². The predicted molar refractivity (Wildman–Crippen MR) is 82.4 cm³/mol. The lowest BCUT2D eigenvalue weighted by molar-refractivity contribution is 0.0717. The van der Waals surface area contributed by atoms with Crippen LogP contribution >= 0.6 is 11.6 Å². The SMILES string of the molecule is Cc1cnn(C[C@H]2CCCN2C(=O)c2c(F)cccc2Cl)c1. The van der Waals surface area contributed by atoms with E-state index in [-0.39, 0.29) is 22.5 Å². The fourth-order valence-electron chi connectivity index (χ4n) is 2.92. The van der Waals surface area contributed by atoms with Gasteiger partial charge in [-0.3, -0.25) is 9.48 Å². The lowest BCUT2D eigenvalue weighted by Crippen LogP contribution is -2.38. The van der Waals surface area contributed by atoms with E-state index < -0.39 is 5.82 Å². The van der Waals surface area contributed by atoms with E-state index in [1.54, 1.807) is 17.2 Å². The summed E-state index contributed by atoms with van der Waals surface area (Å²) in [6, 6.07) is 4.32.